The van der Waals surface area contributed by atoms with Crippen LogP contribution in [0.1, 0.15) is 70.5 Å². The summed E-state index contributed by atoms with van der Waals surface area (Å²) in [5.41, 5.74) is 2.84. The molecule has 1 saturated heterocycles. The molecule has 0 radical (unpaired) electrons. The van der Waals surface area contributed by atoms with Gasteiger partial charge in [-0.25, -0.2) is 4.79 Å². The summed E-state index contributed by atoms with van der Waals surface area (Å²) in [6.45, 7) is 13.8. The van der Waals surface area contributed by atoms with Crippen LogP contribution in [0.4, 0.5) is 5.69 Å². The van der Waals surface area contributed by atoms with Crippen LogP contribution in [-0.4, -0.2) is 34.8 Å². The number of anilines is 1. The largest absolute Gasteiger partial charge is 0.479 e. The molecule has 152 valence electrons. The van der Waals surface area contributed by atoms with Gasteiger partial charge in [0, 0.05) is 29.7 Å². The van der Waals surface area contributed by atoms with Gasteiger partial charge in [0.15, 0.2) is 6.10 Å². The van der Waals surface area contributed by atoms with Gasteiger partial charge in [0.1, 0.15) is 0 Å². The maximum Gasteiger partial charge on any atom is 0.337 e. The van der Waals surface area contributed by atoms with Crippen LogP contribution in [0.2, 0.25) is 0 Å². The van der Waals surface area contributed by atoms with Crippen LogP contribution < -0.4 is 4.90 Å². The Balaban J connectivity index is 2.62. The zero-order chi connectivity index (χ0) is 20.6. The predicted molar refractivity (Wildman–Crippen MR) is 116 cm³/mol. The minimum atomic E-state index is -1.07. The van der Waals surface area contributed by atoms with Crippen LogP contribution in [0.5, 0.6) is 0 Å². The third kappa shape index (κ3) is 5.45. The second-order valence-electron chi connectivity index (χ2n) is 8.95. The van der Waals surface area contributed by atoms with Gasteiger partial charge in [-0.15, -0.1) is 0 Å². The van der Waals surface area contributed by atoms with Crippen molar-refractivity contribution >= 4 is 43.5 Å². The molecule has 1 aliphatic heterocycles. The van der Waals surface area contributed by atoms with Crippen LogP contribution in [0.15, 0.2) is 4.47 Å². The number of carbonyl (C=O) groups is 1. The molecule has 0 amide bonds. The molecule has 1 N–H and O–H groups in total. The lowest BCUT2D eigenvalue weighted by atomic mass is 9.82. The number of aliphatic carboxylic acids is 1. The molecule has 1 fully saturated rings. The fraction of sp³-hybridized carbons (Fsp3) is 0.700. The molecular formula is C20H30Br2N2O3. The van der Waals surface area contributed by atoms with Gasteiger partial charge in [-0.05, 0) is 61.9 Å². The molecule has 0 bridgehead atoms. The lowest BCUT2D eigenvalue weighted by Crippen LogP contribution is -2.39. The molecule has 2 heterocycles. The molecule has 27 heavy (non-hydrogen) atoms. The Morgan fingerprint density at radius 3 is 2.33 bits per heavy atom. The number of hydrogen-bond donors (Lipinski definition) is 1. The minimum absolute atomic E-state index is 0.303. The number of aromatic nitrogens is 1. The highest BCUT2D eigenvalue weighted by atomic mass is 79.9. The molecule has 2 rings (SSSR count). The maximum atomic E-state index is 12.1. The normalized spacial score (nSPS) is 18.4. The lowest BCUT2D eigenvalue weighted by molar-refractivity contribution is -0.160. The Hall–Kier alpha value is -0.660. The van der Waals surface area contributed by atoms with Crippen molar-refractivity contribution in [2.45, 2.75) is 71.4 Å². The third-order valence-corrected chi connectivity index (χ3v) is 6.29. The summed E-state index contributed by atoms with van der Waals surface area (Å²) < 4.78 is 6.82. The van der Waals surface area contributed by atoms with Gasteiger partial charge < -0.3 is 14.7 Å². The average molecular weight is 506 g/mol. The standard InChI is InChI=1S/C20H30Br2N2O3/c1-12-14(17(18(25)26)27-19(2,3)4)16(15(22)13(11-21)23-12)24-9-7-20(5,6)8-10-24/h17H,7-11H2,1-6H3,(H,25,26). The van der Waals surface area contributed by atoms with Gasteiger partial charge >= 0.3 is 5.97 Å². The van der Waals surface area contributed by atoms with Gasteiger partial charge in [-0.1, -0.05) is 29.8 Å². The number of ether oxygens (including phenoxy) is 1. The van der Waals surface area contributed by atoms with E-state index in [4.69, 9.17) is 4.74 Å². The lowest BCUT2D eigenvalue weighted by Gasteiger charge is -2.40. The summed E-state index contributed by atoms with van der Waals surface area (Å²) in [5.74, 6) is -0.994. The molecule has 1 aromatic heterocycles. The van der Waals surface area contributed by atoms with Crippen molar-refractivity contribution in [3.8, 4) is 0 Å². The Kier molecular flexibility index (Phi) is 7.02. The molecule has 1 aromatic rings. The van der Waals surface area contributed by atoms with Gasteiger partial charge in [0.2, 0.25) is 0 Å². The summed E-state index contributed by atoms with van der Waals surface area (Å²) >= 11 is 7.20. The Bertz CT molecular complexity index is 704. The summed E-state index contributed by atoms with van der Waals surface area (Å²) in [4.78, 5) is 19.1. The van der Waals surface area contributed by atoms with Gasteiger partial charge in [-0.2, -0.15) is 0 Å². The van der Waals surface area contributed by atoms with E-state index in [9.17, 15) is 9.90 Å². The average Bonchev–Trinajstić information content (AvgIpc) is 2.54. The van der Waals surface area contributed by atoms with Crippen molar-refractivity contribution in [2.24, 2.45) is 5.41 Å². The molecule has 1 atom stereocenters. The molecular weight excluding hydrogens is 476 g/mol. The van der Waals surface area contributed by atoms with Crippen molar-refractivity contribution in [3.63, 3.8) is 0 Å². The number of carboxylic acids is 1. The van der Waals surface area contributed by atoms with Crippen molar-refractivity contribution in [1.29, 1.82) is 0 Å². The predicted octanol–water partition coefficient (Wildman–Crippen LogP) is 5.61. The smallest absolute Gasteiger partial charge is 0.337 e. The zero-order valence-electron chi connectivity index (χ0n) is 17.0. The number of pyridine rings is 1. The number of halogens is 2. The van der Waals surface area contributed by atoms with E-state index in [0.717, 1.165) is 41.8 Å². The molecule has 5 nitrogen and oxygen atoms in total. The SMILES string of the molecule is Cc1nc(CBr)c(Br)c(N2CCC(C)(C)CC2)c1C(OC(C)(C)C)C(=O)O. The van der Waals surface area contributed by atoms with Crippen LogP contribution >= 0.6 is 31.9 Å². The first-order chi connectivity index (χ1) is 12.4. The Morgan fingerprint density at radius 2 is 1.89 bits per heavy atom. The van der Waals surface area contributed by atoms with Crippen LogP contribution in [-0.2, 0) is 14.9 Å². The highest BCUT2D eigenvalue weighted by Gasteiger charge is 2.36. The van der Waals surface area contributed by atoms with E-state index in [0.29, 0.717) is 22.0 Å². The number of carboxylic acid groups (broad SMARTS) is 1. The number of aryl methyl sites for hydroxylation is 1. The molecule has 1 unspecified atom stereocenters. The quantitative estimate of drug-likeness (QED) is 0.526. The van der Waals surface area contributed by atoms with E-state index in [1.807, 2.05) is 27.7 Å². The molecule has 0 aliphatic carbocycles. The van der Waals surface area contributed by atoms with Crippen molar-refractivity contribution in [2.75, 3.05) is 18.0 Å². The second-order valence-corrected chi connectivity index (χ2v) is 10.3. The maximum absolute atomic E-state index is 12.1. The fourth-order valence-electron chi connectivity index (χ4n) is 3.37. The van der Waals surface area contributed by atoms with Gasteiger partial charge in [0.25, 0.3) is 0 Å². The molecule has 7 heteroatoms. The van der Waals surface area contributed by atoms with Gasteiger partial charge in [-0.3, -0.25) is 4.98 Å². The topological polar surface area (TPSA) is 62.7 Å². The van der Waals surface area contributed by atoms with Crippen LogP contribution in [0, 0.1) is 12.3 Å². The Morgan fingerprint density at radius 1 is 1.33 bits per heavy atom. The van der Waals surface area contributed by atoms with E-state index >= 15 is 0 Å². The summed E-state index contributed by atoms with van der Waals surface area (Å²) in [6, 6.07) is 0. The zero-order valence-corrected chi connectivity index (χ0v) is 20.2. The van der Waals surface area contributed by atoms with Crippen LogP contribution in [0.3, 0.4) is 0 Å². The summed E-state index contributed by atoms with van der Waals surface area (Å²) in [5, 5.41) is 10.5. The van der Waals surface area contributed by atoms with Crippen molar-refractivity contribution in [1.82, 2.24) is 4.98 Å². The van der Waals surface area contributed by atoms with E-state index in [1.54, 1.807) is 0 Å². The monoisotopic (exact) mass is 504 g/mol. The van der Waals surface area contributed by atoms with E-state index < -0.39 is 17.7 Å². The van der Waals surface area contributed by atoms with E-state index in [2.05, 4.69) is 55.6 Å². The van der Waals surface area contributed by atoms with Gasteiger partial charge in [0.05, 0.1) is 21.5 Å². The number of alkyl halides is 1. The molecule has 0 spiro atoms. The number of rotatable bonds is 5. The highest BCUT2D eigenvalue weighted by Crippen LogP contribution is 2.43. The summed E-state index contributed by atoms with van der Waals surface area (Å²) in [7, 11) is 0. The fourth-order valence-corrected chi connectivity index (χ4v) is 4.85. The molecule has 1 aliphatic rings. The van der Waals surface area contributed by atoms with E-state index in [1.165, 1.54) is 0 Å². The van der Waals surface area contributed by atoms with E-state index in [-0.39, 0.29) is 0 Å². The summed E-state index contributed by atoms with van der Waals surface area (Å²) in [6.07, 6.45) is 1.05. The first-order valence-corrected chi connectivity index (χ1v) is 11.2. The van der Waals surface area contributed by atoms with Crippen molar-refractivity contribution < 1.29 is 14.6 Å². The minimum Gasteiger partial charge on any atom is -0.479 e. The second kappa shape index (κ2) is 8.37. The van der Waals surface area contributed by atoms with Crippen molar-refractivity contribution in [3.05, 3.63) is 21.4 Å². The number of nitrogens with zero attached hydrogens (tertiary/aromatic N) is 2. The highest BCUT2D eigenvalue weighted by molar-refractivity contribution is 9.11. The van der Waals surface area contributed by atoms with Crippen LogP contribution in [0.25, 0.3) is 0 Å². The number of hydrogen-bond acceptors (Lipinski definition) is 4. The molecule has 0 aromatic carbocycles. The first kappa shape index (κ1) is 22.6. The first-order valence-electron chi connectivity index (χ1n) is 9.27. The third-order valence-electron chi connectivity index (χ3n) is 4.93. The molecule has 0 saturated carbocycles. The Labute approximate surface area is 179 Å². The number of piperidine rings is 1.